The van der Waals surface area contributed by atoms with E-state index < -0.39 is 11.9 Å². The molecule has 0 radical (unpaired) electrons. The summed E-state index contributed by atoms with van der Waals surface area (Å²) in [7, 11) is 0. The van der Waals surface area contributed by atoms with Crippen molar-refractivity contribution in [1.82, 2.24) is 14.9 Å². The van der Waals surface area contributed by atoms with Gasteiger partial charge in [-0.25, -0.2) is 9.36 Å². The van der Waals surface area contributed by atoms with Gasteiger partial charge in [0, 0.05) is 51.2 Å². The summed E-state index contributed by atoms with van der Waals surface area (Å²) in [5, 5.41) is 23.7. The third kappa shape index (κ3) is 9.50. The summed E-state index contributed by atoms with van der Waals surface area (Å²) in [5.41, 5.74) is 2.83. The Kier molecular flexibility index (Phi) is 11.7. The van der Waals surface area contributed by atoms with Gasteiger partial charge in [-0.1, -0.05) is 36.8 Å². The van der Waals surface area contributed by atoms with E-state index in [1.807, 2.05) is 44.2 Å². The van der Waals surface area contributed by atoms with E-state index in [4.69, 9.17) is 14.2 Å². The van der Waals surface area contributed by atoms with Crippen LogP contribution in [0.25, 0.3) is 5.69 Å². The number of aromatic hydroxyl groups is 1. The van der Waals surface area contributed by atoms with Crippen molar-refractivity contribution in [2.75, 3.05) is 26.3 Å². The van der Waals surface area contributed by atoms with Gasteiger partial charge in [0.25, 0.3) is 0 Å². The first-order valence-electron chi connectivity index (χ1n) is 14.8. The Labute approximate surface area is 247 Å². The minimum absolute atomic E-state index is 0.132. The Bertz CT molecular complexity index is 1400. The number of aliphatic hydroxyl groups is 1. The van der Waals surface area contributed by atoms with Crippen molar-refractivity contribution in [3.63, 3.8) is 0 Å². The minimum Gasteiger partial charge on any atom is -0.493 e. The van der Waals surface area contributed by atoms with Gasteiger partial charge in [0.15, 0.2) is 0 Å². The van der Waals surface area contributed by atoms with Gasteiger partial charge in [0.2, 0.25) is 11.7 Å². The molecule has 4 rings (SSSR count). The lowest BCUT2D eigenvalue weighted by atomic mass is 10.0. The van der Waals surface area contributed by atoms with Gasteiger partial charge in [0.05, 0.1) is 24.6 Å². The number of aromatic amines is 1. The summed E-state index contributed by atoms with van der Waals surface area (Å²) in [6.45, 7) is 7.19. The number of unbranched alkanes of at least 4 members (excludes halogenated alkanes) is 5. The molecule has 0 saturated heterocycles. The van der Waals surface area contributed by atoms with Crippen LogP contribution in [0.15, 0.2) is 53.5 Å². The first kappa shape index (κ1) is 31.4. The number of aliphatic hydroxyl groups excluding tert-OH is 1. The molecule has 0 aliphatic carbocycles. The van der Waals surface area contributed by atoms with Crippen LogP contribution in [-0.4, -0.2) is 51.9 Å². The van der Waals surface area contributed by atoms with E-state index in [0.29, 0.717) is 18.8 Å². The maximum Gasteiger partial charge on any atom is 0.333 e. The molecule has 3 aromatic rings. The highest BCUT2D eigenvalue weighted by atomic mass is 16.7. The third-order valence-corrected chi connectivity index (χ3v) is 7.06. The van der Waals surface area contributed by atoms with Crippen LogP contribution in [0, 0.1) is 11.8 Å². The molecule has 1 aliphatic rings. The zero-order chi connectivity index (χ0) is 29.8. The molecular formula is C33H43N3O6. The maximum atomic E-state index is 11.8. The number of fused-ring (bicyclic) bond motifs is 1. The van der Waals surface area contributed by atoms with E-state index in [9.17, 15) is 15.0 Å². The standard InChI is InChI=1S/C33H43N3O6/c1-33(2)41-24-27-21-26(15-16-30(27)42-33)29(37)22-34-17-8-4-6-10-19-40-18-9-5-3-7-12-25-13-11-14-28(20-25)36-31(38)23-35-32(36)39/h11,13-16,20-21,23,29,34,37-38H,3-6,8-10,17-19,22,24H2,1-2H3,(H,35,39)/t29-/m0/s1. The Morgan fingerprint density at radius 3 is 2.71 bits per heavy atom. The molecule has 2 heterocycles. The second-order valence-electron chi connectivity index (χ2n) is 11.0. The first-order valence-corrected chi connectivity index (χ1v) is 14.8. The van der Waals surface area contributed by atoms with Crippen molar-refractivity contribution in [3.8, 4) is 29.2 Å². The minimum atomic E-state index is -0.616. The lowest BCUT2D eigenvalue weighted by Crippen LogP contribution is -2.35. The maximum absolute atomic E-state index is 11.8. The highest BCUT2D eigenvalue weighted by molar-refractivity contribution is 5.45. The SMILES string of the molecule is CC1(C)OCc2cc([C@@H](O)CNCCCCCCOCCCCC#Cc3cccc(-n4c(O)c[nH]c4=O)c3)ccc2O1. The smallest absolute Gasteiger partial charge is 0.333 e. The zero-order valence-electron chi connectivity index (χ0n) is 24.7. The first-order chi connectivity index (χ1) is 20.3. The number of ether oxygens (including phenoxy) is 3. The highest BCUT2D eigenvalue weighted by Crippen LogP contribution is 2.32. The molecular weight excluding hydrogens is 534 g/mol. The van der Waals surface area contributed by atoms with Gasteiger partial charge in [0.1, 0.15) is 5.75 Å². The van der Waals surface area contributed by atoms with Crippen LogP contribution in [0.2, 0.25) is 0 Å². The van der Waals surface area contributed by atoms with Gasteiger partial charge in [-0.2, -0.15) is 0 Å². The number of H-pyrrole nitrogens is 1. The van der Waals surface area contributed by atoms with Crippen molar-refractivity contribution >= 4 is 0 Å². The topological polar surface area (TPSA) is 118 Å². The molecule has 1 atom stereocenters. The molecule has 42 heavy (non-hydrogen) atoms. The number of nitrogens with one attached hydrogen (secondary N) is 2. The zero-order valence-corrected chi connectivity index (χ0v) is 24.7. The van der Waals surface area contributed by atoms with Gasteiger partial charge in [-0.3, -0.25) is 0 Å². The van der Waals surface area contributed by atoms with Crippen molar-refractivity contribution in [1.29, 1.82) is 0 Å². The summed E-state index contributed by atoms with van der Waals surface area (Å²) in [6.07, 6.45) is 7.79. The number of hydrogen-bond donors (Lipinski definition) is 4. The normalized spacial score (nSPS) is 14.5. The van der Waals surface area contributed by atoms with E-state index in [-0.39, 0.29) is 11.6 Å². The number of nitrogens with zero attached hydrogens (tertiary/aromatic N) is 1. The van der Waals surface area contributed by atoms with Crippen molar-refractivity contribution < 1.29 is 24.4 Å². The Morgan fingerprint density at radius 1 is 1.10 bits per heavy atom. The predicted octanol–water partition coefficient (Wildman–Crippen LogP) is 4.94. The molecule has 2 aromatic carbocycles. The van der Waals surface area contributed by atoms with Crippen molar-refractivity contribution in [2.24, 2.45) is 0 Å². The molecule has 9 nitrogen and oxygen atoms in total. The lowest BCUT2D eigenvalue weighted by molar-refractivity contribution is -0.180. The van der Waals surface area contributed by atoms with Gasteiger partial charge in [-0.05, 0) is 68.1 Å². The van der Waals surface area contributed by atoms with Gasteiger partial charge in [-0.15, -0.1) is 0 Å². The van der Waals surface area contributed by atoms with E-state index >= 15 is 0 Å². The van der Waals surface area contributed by atoms with Crippen LogP contribution in [0.3, 0.4) is 0 Å². The molecule has 0 amide bonds. The lowest BCUT2D eigenvalue weighted by Gasteiger charge is -2.33. The van der Waals surface area contributed by atoms with Crippen molar-refractivity contribution in [2.45, 2.75) is 77.3 Å². The third-order valence-electron chi connectivity index (χ3n) is 7.06. The molecule has 226 valence electrons. The second kappa shape index (κ2) is 15.6. The average molecular weight is 578 g/mol. The van der Waals surface area contributed by atoms with Crippen LogP contribution in [0.5, 0.6) is 11.6 Å². The number of imidazole rings is 1. The Hall–Kier alpha value is -3.55. The fraction of sp³-hybridized carbons (Fsp3) is 0.485. The van der Waals surface area contributed by atoms with E-state index in [2.05, 4.69) is 22.1 Å². The molecule has 0 saturated carbocycles. The predicted molar refractivity (Wildman–Crippen MR) is 162 cm³/mol. The van der Waals surface area contributed by atoms with Crippen LogP contribution in [0.4, 0.5) is 0 Å². The molecule has 1 aliphatic heterocycles. The van der Waals surface area contributed by atoms with Gasteiger partial charge < -0.3 is 34.7 Å². The molecule has 0 spiro atoms. The molecule has 0 unspecified atom stereocenters. The number of hydrogen-bond acceptors (Lipinski definition) is 7. The quantitative estimate of drug-likeness (QED) is 0.149. The summed E-state index contributed by atoms with van der Waals surface area (Å²) in [4.78, 5) is 14.3. The summed E-state index contributed by atoms with van der Waals surface area (Å²) in [5.74, 6) is 6.37. The Balaban J connectivity index is 0.981. The fourth-order valence-electron chi connectivity index (χ4n) is 4.74. The fourth-order valence-corrected chi connectivity index (χ4v) is 4.74. The van der Waals surface area contributed by atoms with Crippen LogP contribution in [0.1, 0.15) is 81.6 Å². The van der Waals surface area contributed by atoms with Crippen molar-refractivity contribution in [3.05, 3.63) is 75.8 Å². The summed E-state index contributed by atoms with van der Waals surface area (Å²) < 4.78 is 18.5. The van der Waals surface area contributed by atoms with E-state index in [1.54, 1.807) is 12.1 Å². The average Bonchev–Trinajstić information content (AvgIpc) is 3.31. The van der Waals surface area contributed by atoms with Gasteiger partial charge >= 0.3 is 5.69 Å². The number of rotatable bonds is 15. The number of benzene rings is 2. The summed E-state index contributed by atoms with van der Waals surface area (Å²) in [6, 6.07) is 13.0. The van der Waals surface area contributed by atoms with Crippen LogP contribution in [-0.2, 0) is 16.1 Å². The largest absolute Gasteiger partial charge is 0.493 e. The molecule has 0 bridgehead atoms. The molecule has 0 fully saturated rings. The van der Waals surface area contributed by atoms with Crippen LogP contribution < -0.4 is 15.7 Å². The van der Waals surface area contributed by atoms with Crippen LogP contribution >= 0.6 is 0 Å². The Morgan fingerprint density at radius 2 is 1.90 bits per heavy atom. The second-order valence-corrected chi connectivity index (χ2v) is 11.0. The van der Waals surface area contributed by atoms with E-state index in [1.165, 1.54) is 10.8 Å². The summed E-state index contributed by atoms with van der Waals surface area (Å²) >= 11 is 0. The highest BCUT2D eigenvalue weighted by Gasteiger charge is 2.27. The monoisotopic (exact) mass is 577 g/mol. The van der Waals surface area contributed by atoms with E-state index in [0.717, 1.165) is 87.1 Å². The molecule has 4 N–H and O–H groups in total. The number of aromatic nitrogens is 2. The molecule has 1 aromatic heterocycles. The molecule has 9 heteroatoms.